The molecule has 6 aromatic rings. The van der Waals surface area contributed by atoms with Gasteiger partial charge in [-0.1, -0.05) is 0 Å². The van der Waals surface area contributed by atoms with E-state index in [4.69, 9.17) is 62.7 Å². The summed E-state index contributed by atoms with van der Waals surface area (Å²) in [6.45, 7) is 4.31. The number of ether oxygens (including phenoxy) is 2. The molecule has 0 aliphatic carbocycles. The van der Waals surface area contributed by atoms with Gasteiger partial charge in [-0.2, -0.15) is 23.2 Å². The van der Waals surface area contributed by atoms with Crippen molar-refractivity contribution < 1.29 is 154 Å². The predicted molar refractivity (Wildman–Crippen MR) is 319 cm³/mol. The van der Waals surface area contributed by atoms with Crippen LogP contribution in [0.15, 0.2) is 59.6 Å². The van der Waals surface area contributed by atoms with E-state index in [9.17, 15) is 9.59 Å². The van der Waals surface area contributed by atoms with Crippen LogP contribution >= 0.6 is 105 Å². The molecule has 0 bridgehead atoms. The zero-order valence-corrected chi connectivity index (χ0v) is 58.5. The van der Waals surface area contributed by atoms with Gasteiger partial charge in [0.2, 0.25) is 0 Å². The van der Waals surface area contributed by atoms with Crippen molar-refractivity contribution in [3.8, 4) is 39.7 Å². The average Bonchev–Trinajstić information content (AvgIpc) is 4.22. The van der Waals surface area contributed by atoms with Crippen molar-refractivity contribution >= 4 is 159 Å². The minimum absolute atomic E-state index is 0. The van der Waals surface area contributed by atoms with Gasteiger partial charge in [0.15, 0.2) is 16.1 Å². The number of rotatable bonds is 18. The number of carbonyl (C=O) groups excluding carboxylic acids is 1. The summed E-state index contributed by atoms with van der Waals surface area (Å²) in [6, 6.07) is 19.0. The number of nitriles is 2. The average molecular weight is 1370 g/mol. The number of carboxylic acids is 2. The summed E-state index contributed by atoms with van der Waals surface area (Å²) in [5.74, 6) is 1.43. The van der Waals surface area contributed by atoms with E-state index in [1.165, 1.54) is 45.8 Å². The SMILES string of the molecule is C#CI.CN(C)CCCCl.CN(C)CCCOc1ccc2nc(C#N)sc2c1.CN(C)CCCOc1ccc2nc(C3=N[C@@H](C(=O)O)CS3)sc2c1.Cl.N#Cc1nc2ccc(O)cc2s1.N[C@H](CS)C(=O)O.O=CO[O-].[H-].[K+].[K+]. The predicted octanol–water partition coefficient (Wildman–Crippen LogP) is 1.44. The van der Waals surface area contributed by atoms with Crippen LogP contribution < -0.4 is 123 Å². The first-order valence-corrected chi connectivity index (χ1v) is 27.8. The number of nitrogens with zero attached hydrogens (tertiary/aromatic N) is 9. The third-order valence-corrected chi connectivity index (χ3v) is 13.4. The molecule has 7 rings (SSSR count). The molecule has 416 valence electrons. The molecule has 5 N–H and O–H groups in total. The number of alkyl halides is 1. The number of fused-ring (bicyclic) bond motifs is 3. The maximum atomic E-state index is 11.0. The monoisotopic (exact) mass is 1370 g/mol. The van der Waals surface area contributed by atoms with E-state index >= 15 is 0 Å². The summed E-state index contributed by atoms with van der Waals surface area (Å²) in [7, 11) is 12.3. The van der Waals surface area contributed by atoms with E-state index in [-0.39, 0.29) is 135 Å². The molecule has 1 aliphatic heterocycles. The Morgan fingerprint density at radius 3 is 1.64 bits per heavy atom. The zero-order valence-electron chi connectivity index (χ0n) is 45.3. The number of thiazole rings is 3. The molecule has 0 radical (unpaired) electrons. The molecule has 0 saturated carbocycles. The Balaban J connectivity index is -0.000000454. The number of aliphatic imine (C=N–C) groups is 1. The summed E-state index contributed by atoms with van der Waals surface area (Å²) in [5, 5.41) is 54.3. The van der Waals surface area contributed by atoms with Crippen molar-refractivity contribution in [1.82, 2.24) is 29.7 Å². The first-order chi connectivity index (χ1) is 35.8. The third-order valence-electron chi connectivity index (χ3n) is 8.73. The Bertz CT molecular complexity index is 2840. The van der Waals surface area contributed by atoms with Crippen LogP contribution in [0.5, 0.6) is 17.2 Å². The number of thioether (sulfide) groups is 1. The van der Waals surface area contributed by atoms with E-state index in [0.717, 1.165) is 97.0 Å². The minimum atomic E-state index is -1.00. The molecule has 0 amide bonds. The molecule has 30 heteroatoms. The summed E-state index contributed by atoms with van der Waals surface area (Å²) in [6.07, 6.45) is 7.65. The number of benzene rings is 3. The number of hydrogen-bond acceptors (Lipinski definition) is 23. The van der Waals surface area contributed by atoms with E-state index in [0.29, 0.717) is 29.0 Å². The fourth-order valence-corrected chi connectivity index (χ4v) is 9.26. The van der Waals surface area contributed by atoms with Crippen molar-refractivity contribution in [3.63, 3.8) is 0 Å². The Morgan fingerprint density at radius 1 is 0.859 bits per heavy atom. The van der Waals surface area contributed by atoms with Crippen LogP contribution in [0.4, 0.5) is 0 Å². The minimum Gasteiger partial charge on any atom is -1.00 e. The number of thiol groups is 1. The quantitative estimate of drug-likeness (QED) is 0.00936. The normalized spacial score (nSPS) is 11.9. The maximum absolute atomic E-state index is 11.0. The molecule has 3 aromatic carbocycles. The molecule has 2 atom stereocenters. The number of carboxylic acid groups (broad SMARTS) is 2. The summed E-state index contributed by atoms with van der Waals surface area (Å²) in [4.78, 5) is 55.4. The topological polar surface area (TPSA) is 297 Å². The van der Waals surface area contributed by atoms with Gasteiger partial charge in [-0.25, -0.2) is 19.7 Å². The number of nitrogens with two attached hydrogens (primary N) is 1. The number of aromatic hydroxyl groups is 1. The van der Waals surface area contributed by atoms with Crippen molar-refractivity contribution in [2.24, 2.45) is 10.7 Å². The van der Waals surface area contributed by atoms with Gasteiger partial charge in [0.25, 0.3) is 6.47 Å². The number of aliphatic carboxylic acids is 2. The molecule has 0 fully saturated rings. The molecule has 0 saturated heterocycles. The van der Waals surface area contributed by atoms with Gasteiger partial charge in [0.05, 0.1) is 43.9 Å². The maximum Gasteiger partial charge on any atom is 1.00 e. The Hall–Kier alpha value is -1.57. The van der Waals surface area contributed by atoms with Crippen LogP contribution in [0.2, 0.25) is 0 Å². The zero-order chi connectivity index (χ0) is 56.3. The second-order valence-electron chi connectivity index (χ2n) is 15.6. The first-order valence-electron chi connectivity index (χ1n) is 22.1. The Labute approximate surface area is 588 Å². The number of phenols is 1. The van der Waals surface area contributed by atoms with Crippen LogP contribution in [-0.4, -0.2) is 173 Å². The number of carbonyl (C=O) groups is 3. The van der Waals surface area contributed by atoms with Gasteiger partial charge < -0.3 is 56.8 Å². The third kappa shape index (κ3) is 34.8. The number of halogens is 3. The molecule has 20 nitrogen and oxygen atoms in total. The fourth-order valence-electron chi connectivity index (χ4n) is 5.30. The van der Waals surface area contributed by atoms with Crippen LogP contribution in [0, 0.1) is 33.0 Å². The molecular formula is C48H61Cl2IK2N10O10S5. The van der Waals surface area contributed by atoms with E-state index < -0.39 is 24.0 Å². The van der Waals surface area contributed by atoms with E-state index in [1.54, 1.807) is 18.2 Å². The summed E-state index contributed by atoms with van der Waals surface area (Å²) >= 11 is 16.5. The molecule has 0 spiro atoms. The Kier molecular flexibility index (Phi) is 49.5. The molecule has 4 heterocycles. The number of hydrogen-bond donors (Lipinski definition) is 5. The molecule has 1 aliphatic rings. The van der Waals surface area contributed by atoms with Gasteiger partial charge in [-0.15, -0.1) is 76.2 Å². The van der Waals surface area contributed by atoms with Crippen molar-refractivity contribution in [2.75, 3.05) is 92.5 Å². The fraction of sp³-hybridized carbons (Fsp3) is 0.396. The van der Waals surface area contributed by atoms with Crippen LogP contribution in [0.1, 0.15) is 35.7 Å². The standard InChI is InChI=1S/C16H19N3O3S2.C13H15N3OS.C8H4N2OS.C5H12ClN.C3H7NO2S.C2HI.CH2O3.ClH.2K.H/c1-19(2)6-3-7-22-10-4-5-11-13(8-10)24-15(17-11)14-18-12(9-23-14)16(20)21;1-16(2)6-3-7-17-10-4-5-11-12(8-10)18-13(9-14)15-11;9-4-8-10-6-2-1-5(11)3-7(6)12-8;1-7(2)5-3-4-6;4-2(1-7)3(5)6;1-2-3;2-1-4-3;;;;/h4-5,8,12H,3,6-7,9H2,1-2H3,(H,20,21);4-5,8H,3,6-7H2,1-2H3;1-3,11H;3-5H2,1-2H3;2,7H,1,4H2,(H,5,6);1H;1,3H;1H;;;/q;;;;;;;;2*+1;-1/p-1/t12-;;;;2-;;;;;;/m1...1....../s1. The molecule has 3 aromatic heterocycles. The van der Waals surface area contributed by atoms with Crippen LogP contribution in [-0.2, 0) is 19.3 Å². The Morgan fingerprint density at radius 2 is 1.28 bits per heavy atom. The second-order valence-corrected chi connectivity index (χ2v) is 21.0. The van der Waals surface area contributed by atoms with E-state index in [2.05, 4.69) is 68.6 Å². The molecule has 0 unspecified atom stereocenters. The largest absolute Gasteiger partial charge is 1.00 e. The molecule has 78 heavy (non-hydrogen) atoms. The van der Waals surface area contributed by atoms with Crippen molar-refractivity contribution in [3.05, 3.63) is 69.6 Å². The van der Waals surface area contributed by atoms with Gasteiger partial charge in [0, 0.05) is 53.1 Å². The summed E-state index contributed by atoms with van der Waals surface area (Å²) < 4.78 is 16.5. The smallest absolute Gasteiger partial charge is 1.00 e. The number of phenolic OH excluding ortho intramolecular Hbond substituents is 1. The molecular weight excluding hydrogens is 1310 g/mol. The van der Waals surface area contributed by atoms with E-state index in [1.807, 2.05) is 107 Å². The van der Waals surface area contributed by atoms with Crippen molar-refractivity contribution in [1.29, 1.82) is 10.5 Å². The summed E-state index contributed by atoms with van der Waals surface area (Å²) in [5.41, 5.74) is 7.44. The van der Waals surface area contributed by atoms with Gasteiger partial charge >= 0.3 is 115 Å². The van der Waals surface area contributed by atoms with Crippen molar-refractivity contribution in [2.45, 2.75) is 31.3 Å². The number of aromatic nitrogens is 3. The number of terminal acetylenes is 1. The van der Waals surface area contributed by atoms with Gasteiger partial charge in [0.1, 0.15) is 45.5 Å². The van der Waals surface area contributed by atoms with Gasteiger partial charge in [-0.3, -0.25) is 14.6 Å². The van der Waals surface area contributed by atoms with Gasteiger partial charge in [-0.05, 0) is 127 Å². The first kappa shape index (κ1) is 80.7. The second kappa shape index (κ2) is 47.9. The van der Waals surface area contributed by atoms with Crippen LogP contribution in [0.25, 0.3) is 30.6 Å². The van der Waals surface area contributed by atoms with Crippen LogP contribution in [0.3, 0.4) is 0 Å².